The van der Waals surface area contributed by atoms with Gasteiger partial charge in [-0.3, -0.25) is 0 Å². The zero-order chi connectivity index (χ0) is 37.4. The van der Waals surface area contributed by atoms with Gasteiger partial charge in [-0.05, 0) is 125 Å². The molecule has 2 heterocycles. The highest BCUT2D eigenvalue weighted by molar-refractivity contribution is 7.99. The number of aryl methyl sites for hydroxylation is 1. The van der Waals surface area contributed by atoms with Crippen LogP contribution in [-0.2, 0) is 6.42 Å². The van der Waals surface area contributed by atoms with Crippen molar-refractivity contribution in [3.05, 3.63) is 151 Å². The highest BCUT2D eigenvalue weighted by atomic mass is 32.2. The zero-order valence-corrected chi connectivity index (χ0v) is 31.9. The summed E-state index contributed by atoms with van der Waals surface area (Å²) in [5, 5.41) is 17.4. The van der Waals surface area contributed by atoms with Gasteiger partial charge in [-0.15, -0.1) is 32.2 Å². The molecule has 0 fully saturated rings. The third-order valence-corrected chi connectivity index (χ3v) is 10.9. The average molecular weight is 739 g/mol. The quantitative estimate of drug-likeness (QED) is 0.0812. The lowest BCUT2D eigenvalue weighted by Gasteiger charge is -2.05. The first-order chi connectivity index (χ1) is 27.1. The lowest BCUT2D eigenvalue weighted by molar-refractivity contribution is 0.584. The molecule has 0 bridgehead atoms. The van der Waals surface area contributed by atoms with Gasteiger partial charge < -0.3 is 8.83 Å². The molecule has 0 atom stereocenters. The van der Waals surface area contributed by atoms with Crippen LogP contribution in [0.15, 0.2) is 159 Å². The van der Waals surface area contributed by atoms with Gasteiger partial charge in [0.15, 0.2) is 0 Å². The molecule has 55 heavy (non-hydrogen) atoms. The van der Waals surface area contributed by atoms with Gasteiger partial charge in [-0.1, -0.05) is 112 Å². The van der Waals surface area contributed by atoms with Crippen molar-refractivity contribution in [1.29, 1.82) is 0 Å². The van der Waals surface area contributed by atoms with E-state index in [-0.39, 0.29) is 0 Å². The highest BCUT2D eigenvalue weighted by Gasteiger charge is 2.14. The van der Waals surface area contributed by atoms with Crippen LogP contribution >= 0.6 is 11.8 Å². The standard InChI is InChI=1S/C48H42N4O2S/c1-3-5-7-33-8-10-34(11-9-33)35-12-20-40(21-13-35)45-49-50-46(53-45)41-22-14-36(15-23-41)37-16-24-42(25-17-37)47-51-52-48(54-47)43-26-18-38(19-27-43)39-28-30-44(31-29-39)55-32-6-4-2/h8-31H,3-7,32H2,1-2H3. The van der Waals surface area contributed by atoms with Crippen LogP contribution in [0.2, 0.25) is 0 Å². The molecule has 0 aliphatic rings. The summed E-state index contributed by atoms with van der Waals surface area (Å²) in [5.74, 6) is 3.11. The Labute approximate surface area is 326 Å². The Bertz CT molecular complexity index is 2430. The smallest absolute Gasteiger partial charge is 0.248 e. The van der Waals surface area contributed by atoms with Gasteiger partial charge >= 0.3 is 0 Å². The molecule has 0 amide bonds. The predicted molar refractivity (Wildman–Crippen MR) is 224 cm³/mol. The monoisotopic (exact) mass is 738 g/mol. The van der Waals surface area contributed by atoms with E-state index in [0.717, 1.165) is 56.7 Å². The Morgan fingerprint density at radius 3 is 0.982 bits per heavy atom. The Morgan fingerprint density at radius 2 is 0.655 bits per heavy atom. The maximum Gasteiger partial charge on any atom is 0.248 e. The van der Waals surface area contributed by atoms with Crippen LogP contribution in [-0.4, -0.2) is 26.1 Å². The summed E-state index contributed by atoms with van der Waals surface area (Å²) >= 11 is 1.91. The molecule has 0 radical (unpaired) electrons. The lowest BCUT2D eigenvalue weighted by atomic mass is 10.0. The molecule has 0 unspecified atom stereocenters. The molecule has 0 saturated heterocycles. The SMILES string of the molecule is CCCCSc1ccc(-c2ccc(-c3nnc(-c4ccc(-c5ccc(-c6nnc(-c7ccc(-c8ccc(CCCC)cc8)cc7)o6)cc5)cc4)o3)cc2)cc1. The number of thioether (sulfide) groups is 1. The molecular weight excluding hydrogens is 697 g/mol. The fraction of sp³-hybridized carbons (Fsp3) is 0.167. The average Bonchev–Trinajstić information content (AvgIpc) is 3.96. The number of hydrogen-bond acceptors (Lipinski definition) is 7. The van der Waals surface area contributed by atoms with E-state index in [1.165, 1.54) is 47.3 Å². The molecule has 2 aromatic heterocycles. The molecule has 0 aliphatic heterocycles. The molecule has 8 rings (SSSR count). The number of hydrogen-bond donors (Lipinski definition) is 0. The Balaban J connectivity index is 0.884. The van der Waals surface area contributed by atoms with E-state index in [1.807, 2.05) is 60.3 Å². The molecule has 272 valence electrons. The topological polar surface area (TPSA) is 77.8 Å². The van der Waals surface area contributed by atoms with E-state index in [4.69, 9.17) is 8.83 Å². The van der Waals surface area contributed by atoms with Crippen molar-refractivity contribution < 1.29 is 8.83 Å². The van der Waals surface area contributed by atoms with Gasteiger partial charge in [-0.25, -0.2) is 0 Å². The third kappa shape index (κ3) is 8.53. The second kappa shape index (κ2) is 17.0. The largest absolute Gasteiger partial charge is 0.416 e. The second-order valence-electron chi connectivity index (χ2n) is 13.7. The predicted octanol–water partition coefficient (Wildman–Crippen LogP) is 13.4. The first-order valence-electron chi connectivity index (χ1n) is 19.0. The summed E-state index contributed by atoms with van der Waals surface area (Å²) in [4.78, 5) is 1.31. The molecule has 0 spiro atoms. The van der Waals surface area contributed by atoms with E-state index in [1.54, 1.807) is 0 Å². The van der Waals surface area contributed by atoms with Gasteiger partial charge in [0.2, 0.25) is 23.6 Å². The molecule has 6 nitrogen and oxygen atoms in total. The van der Waals surface area contributed by atoms with Crippen LogP contribution in [0.5, 0.6) is 0 Å². The normalized spacial score (nSPS) is 11.2. The van der Waals surface area contributed by atoms with Crippen molar-refractivity contribution in [1.82, 2.24) is 20.4 Å². The van der Waals surface area contributed by atoms with Crippen LogP contribution in [0, 0.1) is 0 Å². The highest BCUT2D eigenvalue weighted by Crippen LogP contribution is 2.32. The Hall–Kier alpha value is -6.05. The number of unbranched alkanes of at least 4 members (excludes halogenated alkanes) is 2. The van der Waals surface area contributed by atoms with Crippen molar-refractivity contribution in [2.75, 3.05) is 5.75 Å². The maximum atomic E-state index is 6.10. The zero-order valence-electron chi connectivity index (χ0n) is 31.1. The lowest BCUT2D eigenvalue weighted by Crippen LogP contribution is -1.85. The van der Waals surface area contributed by atoms with Gasteiger partial charge in [0.05, 0.1) is 0 Å². The summed E-state index contributed by atoms with van der Waals surface area (Å²) in [6.45, 7) is 4.45. The van der Waals surface area contributed by atoms with E-state index < -0.39 is 0 Å². The van der Waals surface area contributed by atoms with Crippen LogP contribution < -0.4 is 0 Å². The van der Waals surface area contributed by atoms with Gasteiger partial charge in [0, 0.05) is 27.1 Å². The second-order valence-corrected chi connectivity index (χ2v) is 14.8. The molecule has 0 saturated carbocycles. The minimum atomic E-state index is 0.482. The number of benzene rings is 6. The first kappa shape index (κ1) is 36.0. The van der Waals surface area contributed by atoms with Crippen molar-refractivity contribution in [2.45, 2.75) is 50.8 Å². The van der Waals surface area contributed by atoms with Crippen LogP contribution in [0.25, 0.3) is 79.2 Å². The fourth-order valence-corrected chi connectivity index (χ4v) is 7.45. The molecule has 6 aromatic carbocycles. The Morgan fingerprint density at radius 1 is 0.364 bits per heavy atom. The third-order valence-electron chi connectivity index (χ3n) is 9.77. The molecule has 7 heteroatoms. The molecule has 0 N–H and O–H groups in total. The van der Waals surface area contributed by atoms with Crippen LogP contribution in [0.4, 0.5) is 0 Å². The van der Waals surface area contributed by atoms with Crippen LogP contribution in [0.1, 0.15) is 45.1 Å². The van der Waals surface area contributed by atoms with Gasteiger partial charge in [-0.2, -0.15) is 0 Å². The Kier molecular flexibility index (Phi) is 11.1. The number of rotatable bonds is 14. The molecule has 8 aromatic rings. The summed E-state index contributed by atoms with van der Waals surface area (Å²) in [6.07, 6.45) is 6.01. The summed E-state index contributed by atoms with van der Waals surface area (Å²) in [5.41, 5.74) is 11.7. The first-order valence-corrected chi connectivity index (χ1v) is 20.0. The van der Waals surface area contributed by atoms with Gasteiger partial charge in [0.1, 0.15) is 0 Å². The van der Waals surface area contributed by atoms with Crippen molar-refractivity contribution >= 4 is 11.8 Å². The van der Waals surface area contributed by atoms with Crippen molar-refractivity contribution in [3.8, 4) is 79.2 Å². The van der Waals surface area contributed by atoms with Crippen molar-refractivity contribution in [3.63, 3.8) is 0 Å². The fourth-order valence-electron chi connectivity index (χ4n) is 6.46. The van der Waals surface area contributed by atoms with E-state index in [2.05, 4.69) is 131 Å². The summed E-state index contributed by atoms with van der Waals surface area (Å²) in [7, 11) is 0. The number of nitrogens with zero attached hydrogens (tertiary/aromatic N) is 4. The summed E-state index contributed by atoms with van der Waals surface area (Å²) in [6, 6.07) is 50.4. The van der Waals surface area contributed by atoms with Gasteiger partial charge in [0.25, 0.3) is 0 Å². The minimum absolute atomic E-state index is 0.482. The van der Waals surface area contributed by atoms with Crippen LogP contribution in [0.3, 0.4) is 0 Å². The summed E-state index contributed by atoms with van der Waals surface area (Å²) < 4.78 is 12.2. The number of aromatic nitrogens is 4. The van der Waals surface area contributed by atoms with E-state index >= 15 is 0 Å². The molecule has 0 aliphatic carbocycles. The van der Waals surface area contributed by atoms with E-state index in [0.29, 0.717) is 23.6 Å². The molecular formula is C48H42N4O2S. The minimum Gasteiger partial charge on any atom is -0.416 e. The van der Waals surface area contributed by atoms with Crippen molar-refractivity contribution in [2.24, 2.45) is 0 Å². The maximum absolute atomic E-state index is 6.10. The van der Waals surface area contributed by atoms with E-state index in [9.17, 15) is 0 Å².